The van der Waals surface area contributed by atoms with E-state index >= 15 is 0 Å². The average Bonchev–Trinajstić information content (AvgIpc) is 2.36. The molecule has 1 rings (SSSR count). The predicted molar refractivity (Wildman–Crippen MR) is 82.2 cm³/mol. The number of thiocarbonyl (C=S) groups is 1. The summed E-state index contributed by atoms with van der Waals surface area (Å²) < 4.78 is 0. The largest absolute Gasteiger partial charge is 0.392 e. The van der Waals surface area contributed by atoms with E-state index in [1.54, 1.807) is 19.0 Å². The van der Waals surface area contributed by atoms with Crippen molar-refractivity contribution < 1.29 is 4.79 Å². The monoisotopic (exact) mass is 286 g/mol. The Morgan fingerprint density at radius 2 is 1.89 bits per heavy atom. The first-order chi connectivity index (χ1) is 8.95. The molecule has 0 bridgehead atoms. The van der Waals surface area contributed by atoms with E-state index in [0.717, 1.165) is 39.0 Å². The van der Waals surface area contributed by atoms with Crippen molar-refractivity contribution in [3.05, 3.63) is 0 Å². The zero-order valence-corrected chi connectivity index (χ0v) is 13.1. The molecule has 1 amide bonds. The van der Waals surface area contributed by atoms with Crippen molar-refractivity contribution in [1.82, 2.24) is 14.7 Å². The van der Waals surface area contributed by atoms with E-state index in [2.05, 4.69) is 16.7 Å². The molecule has 0 aromatic heterocycles. The van der Waals surface area contributed by atoms with Gasteiger partial charge in [0.15, 0.2) is 0 Å². The molecule has 0 spiro atoms. The lowest BCUT2D eigenvalue weighted by molar-refractivity contribution is -0.130. The van der Waals surface area contributed by atoms with Crippen LogP contribution in [0, 0.1) is 0 Å². The number of carbonyl (C=O) groups is 1. The SMILES string of the molecule is CCCC(C(N)=S)N1CCN(CC(=O)N(C)C)CC1. The molecule has 1 fully saturated rings. The molecular formula is C13H26N4OS. The molecule has 1 atom stereocenters. The summed E-state index contributed by atoms with van der Waals surface area (Å²) in [6.45, 7) is 6.33. The number of likely N-dealkylation sites (N-methyl/N-ethyl adjacent to an activating group) is 1. The normalized spacial score (nSPS) is 19.1. The van der Waals surface area contributed by atoms with Gasteiger partial charge in [0.1, 0.15) is 0 Å². The molecule has 1 heterocycles. The fraction of sp³-hybridized carbons (Fsp3) is 0.846. The first kappa shape index (κ1) is 16.3. The van der Waals surface area contributed by atoms with Gasteiger partial charge in [-0.15, -0.1) is 0 Å². The number of amides is 1. The topological polar surface area (TPSA) is 52.8 Å². The number of carbonyl (C=O) groups excluding carboxylic acids is 1. The smallest absolute Gasteiger partial charge is 0.236 e. The maximum absolute atomic E-state index is 11.7. The molecule has 1 saturated heterocycles. The van der Waals surface area contributed by atoms with Crippen LogP contribution in [0.15, 0.2) is 0 Å². The molecule has 5 nitrogen and oxygen atoms in total. The highest BCUT2D eigenvalue weighted by atomic mass is 32.1. The van der Waals surface area contributed by atoms with Gasteiger partial charge in [0.25, 0.3) is 0 Å². The minimum Gasteiger partial charge on any atom is -0.392 e. The van der Waals surface area contributed by atoms with Gasteiger partial charge in [-0.1, -0.05) is 25.6 Å². The third-order valence-electron chi connectivity index (χ3n) is 3.60. The molecule has 0 aromatic rings. The minimum absolute atomic E-state index is 0.160. The lowest BCUT2D eigenvalue weighted by Crippen LogP contribution is -2.54. The quantitative estimate of drug-likeness (QED) is 0.704. The van der Waals surface area contributed by atoms with E-state index in [1.165, 1.54) is 0 Å². The molecule has 0 aromatic carbocycles. The van der Waals surface area contributed by atoms with E-state index in [4.69, 9.17) is 18.0 Å². The Kier molecular flexibility index (Phi) is 6.68. The summed E-state index contributed by atoms with van der Waals surface area (Å²) in [7, 11) is 3.59. The van der Waals surface area contributed by atoms with Gasteiger partial charge in [-0.05, 0) is 6.42 Å². The van der Waals surface area contributed by atoms with Crippen molar-refractivity contribution in [3.8, 4) is 0 Å². The Hall–Kier alpha value is -0.720. The van der Waals surface area contributed by atoms with E-state index in [9.17, 15) is 4.79 Å². The number of piperazine rings is 1. The maximum atomic E-state index is 11.7. The van der Waals surface area contributed by atoms with Gasteiger partial charge in [0.05, 0.1) is 17.6 Å². The highest BCUT2D eigenvalue weighted by Crippen LogP contribution is 2.11. The van der Waals surface area contributed by atoms with Crippen LogP contribution in [-0.2, 0) is 4.79 Å². The van der Waals surface area contributed by atoms with Gasteiger partial charge in [0.2, 0.25) is 5.91 Å². The lowest BCUT2D eigenvalue weighted by Gasteiger charge is -2.38. The van der Waals surface area contributed by atoms with Crippen LogP contribution in [0.2, 0.25) is 0 Å². The summed E-state index contributed by atoms with van der Waals surface area (Å²) in [5, 5.41) is 0. The highest BCUT2D eigenvalue weighted by molar-refractivity contribution is 7.80. The van der Waals surface area contributed by atoms with Crippen LogP contribution in [-0.4, -0.2) is 78.5 Å². The van der Waals surface area contributed by atoms with Crippen molar-refractivity contribution in [3.63, 3.8) is 0 Å². The Morgan fingerprint density at radius 1 is 1.32 bits per heavy atom. The fourth-order valence-corrected chi connectivity index (χ4v) is 2.61. The highest BCUT2D eigenvalue weighted by Gasteiger charge is 2.25. The molecule has 0 radical (unpaired) electrons. The van der Waals surface area contributed by atoms with Crippen LogP contribution in [0.3, 0.4) is 0 Å². The maximum Gasteiger partial charge on any atom is 0.236 e. The van der Waals surface area contributed by atoms with Gasteiger partial charge < -0.3 is 10.6 Å². The summed E-state index contributed by atoms with van der Waals surface area (Å²) >= 11 is 5.16. The second-order valence-electron chi connectivity index (χ2n) is 5.31. The molecule has 19 heavy (non-hydrogen) atoms. The first-order valence-electron chi connectivity index (χ1n) is 6.91. The Morgan fingerprint density at radius 3 is 2.32 bits per heavy atom. The third kappa shape index (κ3) is 5.04. The summed E-state index contributed by atoms with van der Waals surface area (Å²) in [5.74, 6) is 0.160. The van der Waals surface area contributed by atoms with Crippen LogP contribution >= 0.6 is 12.2 Å². The van der Waals surface area contributed by atoms with Crippen molar-refractivity contribution in [2.45, 2.75) is 25.8 Å². The number of nitrogens with zero attached hydrogens (tertiary/aromatic N) is 3. The molecule has 1 unspecified atom stereocenters. The van der Waals surface area contributed by atoms with E-state index < -0.39 is 0 Å². The lowest BCUT2D eigenvalue weighted by atomic mass is 10.1. The fourth-order valence-electron chi connectivity index (χ4n) is 2.34. The standard InChI is InChI=1S/C13H26N4OS/c1-4-5-11(13(14)19)17-8-6-16(7-9-17)10-12(18)15(2)3/h11H,4-10H2,1-3H3,(H2,14,19). The van der Waals surface area contributed by atoms with Crippen LogP contribution in [0.4, 0.5) is 0 Å². The van der Waals surface area contributed by atoms with Crippen molar-refractivity contribution in [2.24, 2.45) is 5.73 Å². The molecule has 110 valence electrons. The van der Waals surface area contributed by atoms with E-state index in [1.807, 2.05) is 0 Å². The minimum atomic E-state index is 0.160. The van der Waals surface area contributed by atoms with Crippen molar-refractivity contribution >= 4 is 23.1 Å². The van der Waals surface area contributed by atoms with Crippen LogP contribution in [0.1, 0.15) is 19.8 Å². The van der Waals surface area contributed by atoms with E-state index in [-0.39, 0.29) is 11.9 Å². The molecule has 6 heteroatoms. The average molecular weight is 286 g/mol. The zero-order chi connectivity index (χ0) is 14.4. The van der Waals surface area contributed by atoms with Gasteiger partial charge in [-0.2, -0.15) is 0 Å². The van der Waals surface area contributed by atoms with Gasteiger partial charge in [-0.3, -0.25) is 14.6 Å². The van der Waals surface area contributed by atoms with Crippen LogP contribution in [0.5, 0.6) is 0 Å². The molecule has 2 N–H and O–H groups in total. The predicted octanol–water partition coefficient (Wildman–Crippen LogP) is 0.147. The number of hydrogen-bond donors (Lipinski definition) is 1. The Balaban J connectivity index is 2.43. The number of nitrogens with two attached hydrogens (primary N) is 1. The van der Waals surface area contributed by atoms with Gasteiger partial charge in [0, 0.05) is 40.3 Å². The summed E-state index contributed by atoms with van der Waals surface area (Å²) in [6, 6.07) is 0.215. The van der Waals surface area contributed by atoms with Crippen LogP contribution < -0.4 is 5.73 Å². The number of rotatable bonds is 6. The Bertz CT molecular complexity index is 314. The summed E-state index contributed by atoms with van der Waals surface area (Å²) in [4.78, 5) is 18.4. The molecular weight excluding hydrogens is 260 g/mol. The second-order valence-corrected chi connectivity index (χ2v) is 5.78. The second kappa shape index (κ2) is 7.77. The van der Waals surface area contributed by atoms with Gasteiger partial charge in [-0.25, -0.2) is 0 Å². The van der Waals surface area contributed by atoms with Crippen molar-refractivity contribution in [1.29, 1.82) is 0 Å². The van der Waals surface area contributed by atoms with Gasteiger partial charge >= 0.3 is 0 Å². The molecule has 0 aliphatic carbocycles. The first-order valence-corrected chi connectivity index (χ1v) is 7.32. The summed E-state index contributed by atoms with van der Waals surface area (Å²) in [5.41, 5.74) is 5.82. The van der Waals surface area contributed by atoms with Crippen LogP contribution in [0.25, 0.3) is 0 Å². The zero-order valence-electron chi connectivity index (χ0n) is 12.3. The summed E-state index contributed by atoms with van der Waals surface area (Å²) in [6.07, 6.45) is 2.10. The third-order valence-corrected chi connectivity index (χ3v) is 3.87. The van der Waals surface area contributed by atoms with E-state index in [0.29, 0.717) is 11.5 Å². The molecule has 0 saturated carbocycles. The number of hydrogen-bond acceptors (Lipinski definition) is 4. The van der Waals surface area contributed by atoms with Crippen molar-refractivity contribution in [2.75, 3.05) is 46.8 Å². The molecule has 1 aliphatic heterocycles. The Labute approximate surface area is 121 Å². The molecule has 1 aliphatic rings.